The van der Waals surface area contributed by atoms with Crippen LogP contribution in [0.5, 0.6) is 0 Å². The molecule has 4 rings (SSSR count). The van der Waals surface area contributed by atoms with Crippen LogP contribution in [0.2, 0.25) is 0 Å². The SMILES string of the molecule is C[C@]12CC[C@@H]3C4CCC(=O)C=C4C[C@@H](CCCCCCCCCO)[C@H]3[C@@H]1CCC2=O. The molecular weight excluding hydrogens is 372 g/mol. The highest BCUT2D eigenvalue weighted by atomic mass is 16.2. The highest BCUT2D eigenvalue weighted by molar-refractivity contribution is 5.91. The summed E-state index contributed by atoms with van der Waals surface area (Å²) in [6.45, 7) is 2.61. The molecule has 4 aliphatic rings. The summed E-state index contributed by atoms with van der Waals surface area (Å²) in [6, 6.07) is 0. The smallest absolute Gasteiger partial charge is 0.155 e. The summed E-state index contributed by atoms with van der Waals surface area (Å²) in [4.78, 5) is 24.9. The second kappa shape index (κ2) is 9.67. The number of unbranched alkanes of at least 4 members (excludes halogenated alkanes) is 6. The van der Waals surface area contributed by atoms with Gasteiger partial charge in [-0.25, -0.2) is 0 Å². The van der Waals surface area contributed by atoms with E-state index >= 15 is 0 Å². The third-order valence-corrected chi connectivity index (χ3v) is 9.41. The molecule has 0 radical (unpaired) electrons. The fourth-order valence-electron chi connectivity index (χ4n) is 7.85. The van der Waals surface area contributed by atoms with Crippen molar-refractivity contribution in [2.75, 3.05) is 6.61 Å². The van der Waals surface area contributed by atoms with Crippen molar-refractivity contribution in [2.45, 2.75) is 103 Å². The fourth-order valence-corrected chi connectivity index (χ4v) is 7.85. The van der Waals surface area contributed by atoms with Gasteiger partial charge in [-0.2, -0.15) is 0 Å². The number of allylic oxidation sites excluding steroid dienone is 1. The van der Waals surface area contributed by atoms with Crippen LogP contribution < -0.4 is 0 Å². The van der Waals surface area contributed by atoms with Crippen LogP contribution in [0, 0.1) is 35.0 Å². The standard InChI is InChI=1S/C27H42O3/c1-27-15-14-23-22-11-10-21(29)18-20(22)17-19(26(23)24(27)12-13-25(27)30)9-7-5-3-2-4-6-8-16-28/h18-19,22-24,26,28H,2-17H2,1H3/t19-,22?,23-,24+,26-,27+/m1/s1. The Kier molecular flexibility index (Phi) is 7.17. The zero-order chi connectivity index (χ0) is 21.1. The third-order valence-electron chi connectivity index (χ3n) is 9.41. The first-order valence-corrected chi connectivity index (χ1v) is 12.9. The Morgan fingerprint density at radius 3 is 2.47 bits per heavy atom. The zero-order valence-electron chi connectivity index (χ0n) is 19.0. The van der Waals surface area contributed by atoms with E-state index in [1.807, 2.05) is 6.08 Å². The zero-order valence-corrected chi connectivity index (χ0v) is 19.0. The predicted octanol–water partition coefficient (Wildman–Crippen LogP) is 6.04. The largest absolute Gasteiger partial charge is 0.396 e. The monoisotopic (exact) mass is 414 g/mol. The molecule has 1 N–H and O–H groups in total. The van der Waals surface area contributed by atoms with Crippen LogP contribution in [0.4, 0.5) is 0 Å². The number of Topliss-reactive ketones (excluding diaryl/α,β-unsaturated/α-hetero) is 1. The Morgan fingerprint density at radius 2 is 1.70 bits per heavy atom. The summed E-state index contributed by atoms with van der Waals surface area (Å²) >= 11 is 0. The number of hydrogen-bond acceptors (Lipinski definition) is 3. The average Bonchev–Trinajstić information content (AvgIpc) is 3.04. The molecule has 3 heteroatoms. The molecule has 168 valence electrons. The Labute approximate surface area is 183 Å². The van der Waals surface area contributed by atoms with E-state index in [1.54, 1.807) is 0 Å². The number of aliphatic hydroxyl groups excluding tert-OH is 1. The number of aliphatic hydroxyl groups is 1. The quantitative estimate of drug-likeness (QED) is 0.468. The second-order valence-electron chi connectivity index (χ2n) is 11.0. The first kappa shape index (κ1) is 22.2. The molecular formula is C27H42O3. The van der Waals surface area contributed by atoms with E-state index in [2.05, 4.69) is 6.92 Å². The number of rotatable bonds is 9. The van der Waals surface area contributed by atoms with Crippen LogP contribution in [-0.2, 0) is 9.59 Å². The van der Waals surface area contributed by atoms with Gasteiger partial charge in [-0.05, 0) is 80.6 Å². The van der Waals surface area contributed by atoms with Crippen LogP contribution in [0.1, 0.15) is 103 Å². The van der Waals surface area contributed by atoms with Crippen molar-refractivity contribution in [2.24, 2.45) is 35.0 Å². The number of hydrogen-bond donors (Lipinski definition) is 1. The molecule has 6 atom stereocenters. The van der Waals surface area contributed by atoms with Crippen molar-refractivity contribution in [3.63, 3.8) is 0 Å². The first-order valence-electron chi connectivity index (χ1n) is 12.9. The van der Waals surface area contributed by atoms with E-state index in [9.17, 15) is 9.59 Å². The summed E-state index contributed by atoms with van der Waals surface area (Å²) in [6.07, 6.45) is 18.9. The summed E-state index contributed by atoms with van der Waals surface area (Å²) in [5, 5.41) is 8.90. The molecule has 0 spiro atoms. The maximum absolute atomic E-state index is 12.8. The van der Waals surface area contributed by atoms with Gasteiger partial charge >= 0.3 is 0 Å². The van der Waals surface area contributed by atoms with Gasteiger partial charge in [-0.3, -0.25) is 9.59 Å². The molecule has 0 aliphatic heterocycles. The highest BCUT2D eigenvalue weighted by Crippen LogP contribution is 2.62. The average molecular weight is 415 g/mol. The first-order chi connectivity index (χ1) is 14.5. The lowest BCUT2D eigenvalue weighted by atomic mass is 9.49. The molecule has 3 nitrogen and oxygen atoms in total. The van der Waals surface area contributed by atoms with Gasteiger partial charge < -0.3 is 5.11 Å². The van der Waals surface area contributed by atoms with E-state index in [-0.39, 0.29) is 5.41 Å². The van der Waals surface area contributed by atoms with E-state index in [4.69, 9.17) is 5.11 Å². The minimum atomic E-state index is -0.0577. The number of carbonyl (C=O) groups is 2. The van der Waals surface area contributed by atoms with Gasteiger partial charge in [0.2, 0.25) is 0 Å². The van der Waals surface area contributed by atoms with Crippen LogP contribution >= 0.6 is 0 Å². The minimum Gasteiger partial charge on any atom is -0.396 e. The topological polar surface area (TPSA) is 54.4 Å². The van der Waals surface area contributed by atoms with Crippen molar-refractivity contribution in [1.29, 1.82) is 0 Å². The summed E-state index contributed by atoms with van der Waals surface area (Å²) in [5.74, 6) is 4.18. The maximum atomic E-state index is 12.8. The van der Waals surface area contributed by atoms with Gasteiger partial charge in [0.25, 0.3) is 0 Å². The van der Waals surface area contributed by atoms with E-state index in [1.165, 1.54) is 50.5 Å². The van der Waals surface area contributed by atoms with Gasteiger partial charge in [-0.15, -0.1) is 0 Å². The van der Waals surface area contributed by atoms with Gasteiger partial charge in [0, 0.05) is 24.9 Å². The molecule has 0 bridgehead atoms. The predicted molar refractivity (Wildman–Crippen MR) is 120 cm³/mol. The van der Waals surface area contributed by atoms with Crippen molar-refractivity contribution in [3.05, 3.63) is 11.6 Å². The van der Waals surface area contributed by atoms with Gasteiger partial charge in [0.1, 0.15) is 5.78 Å². The number of ketones is 2. The maximum Gasteiger partial charge on any atom is 0.155 e. The van der Waals surface area contributed by atoms with Crippen molar-refractivity contribution in [3.8, 4) is 0 Å². The molecule has 0 saturated heterocycles. The van der Waals surface area contributed by atoms with E-state index < -0.39 is 0 Å². The molecule has 3 fully saturated rings. The summed E-state index contributed by atoms with van der Waals surface area (Å²) < 4.78 is 0. The lowest BCUT2D eigenvalue weighted by Crippen LogP contribution is -2.50. The summed E-state index contributed by atoms with van der Waals surface area (Å²) in [7, 11) is 0. The van der Waals surface area contributed by atoms with Crippen LogP contribution in [0.25, 0.3) is 0 Å². The normalized spacial score (nSPS) is 38.1. The Balaban J connectivity index is 1.41. The van der Waals surface area contributed by atoms with Crippen LogP contribution in [0.3, 0.4) is 0 Å². The molecule has 4 aliphatic carbocycles. The van der Waals surface area contributed by atoms with E-state index in [0.29, 0.717) is 47.8 Å². The molecule has 3 saturated carbocycles. The highest BCUT2D eigenvalue weighted by Gasteiger charge is 2.58. The Hall–Kier alpha value is -0.960. The Morgan fingerprint density at radius 1 is 0.967 bits per heavy atom. The minimum absolute atomic E-state index is 0.0577. The van der Waals surface area contributed by atoms with Crippen LogP contribution in [-0.4, -0.2) is 23.3 Å². The lowest BCUT2D eigenvalue weighted by Gasteiger charge is -2.55. The molecule has 1 unspecified atom stereocenters. The fraction of sp³-hybridized carbons (Fsp3) is 0.852. The third kappa shape index (κ3) is 4.33. The lowest BCUT2D eigenvalue weighted by molar-refractivity contribution is -0.132. The molecule has 0 aromatic heterocycles. The molecule has 30 heavy (non-hydrogen) atoms. The van der Waals surface area contributed by atoms with E-state index in [0.717, 1.165) is 51.4 Å². The molecule has 0 aromatic rings. The molecule has 0 amide bonds. The van der Waals surface area contributed by atoms with Gasteiger partial charge in [0.05, 0.1) is 0 Å². The summed E-state index contributed by atoms with van der Waals surface area (Å²) in [5.41, 5.74) is 1.41. The van der Waals surface area contributed by atoms with Crippen molar-refractivity contribution < 1.29 is 14.7 Å². The second-order valence-corrected chi connectivity index (χ2v) is 11.0. The Bertz CT molecular complexity index is 665. The number of fused-ring (bicyclic) bond motifs is 5. The van der Waals surface area contributed by atoms with Crippen LogP contribution in [0.15, 0.2) is 11.6 Å². The van der Waals surface area contributed by atoms with Gasteiger partial charge in [0.15, 0.2) is 5.78 Å². The number of carbonyl (C=O) groups excluding carboxylic acids is 2. The molecule has 0 heterocycles. The molecule has 0 aromatic carbocycles. The van der Waals surface area contributed by atoms with Crippen molar-refractivity contribution >= 4 is 11.6 Å². The van der Waals surface area contributed by atoms with Crippen molar-refractivity contribution in [1.82, 2.24) is 0 Å². The van der Waals surface area contributed by atoms with Gasteiger partial charge in [-0.1, -0.05) is 51.0 Å².